The van der Waals surface area contributed by atoms with Crippen LogP contribution in [0.2, 0.25) is 0 Å². The molecule has 252 valence electrons. The molecule has 0 saturated heterocycles. The minimum Gasteiger partial charge on any atom is -0.309 e. The van der Waals surface area contributed by atoms with Gasteiger partial charge in [0.15, 0.2) is 23.3 Å². The minimum absolute atomic E-state index is 0.0763. The molecule has 0 fully saturated rings. The van der Waals surface area contributed by atoms with Gasteiger partial charge in [-0.25, -0.2) is 22.0 Å². The molecule has 0 amide bonds. The molecule has 0 atom stereocenters. The molecule has 0 spiro atoms. The molecule has 0 bridgehead atoms. The van der Waals surface area contributed by atoms with Gasteiger partial charge in [-0.15, -0.1) is 0 Å². The number of hydrogen-bond acceptors (Lipinski definition) is 0. The highest BCUT2D eigenvalue weighted by atomic mass is 19.2. The lowest BCUT2D eigenvalue weighted by molar-refractivity contribution is 0.381. The van der Waals surface area contributed by atoms with Crippen molar-refractivity contribution in [1.29, 1.82) is 0 Å². The van der Waals surface area contributed by atoms with E-state index in [1.165, 1.54) is 6.07 Å². The Bertz CT molecular complexity index is 3190. The number of hydrogen-bond donors (Lipinski definition) is 0. The van der Waals surface area contributed by atoms with E-state index >= 15 is 8.78 Å². The van der Waals surface area contributed by atoms with Crippen LogP contribution in [0.3, 0.4) is 0 Å². The van der Waals surface area contributed by atoms with Crippen LogP contribution < -0.4 is 0 Å². The summed E-state index contributed by atoms with van der Waals surface area (Å²) in [5.41, 5.74) is 7.09. The molecular weight excluding hydrogens is 676 g/mol. The maximum absolute atomic E-state index is 15.7. The molecule has 0 N–H and O–H groups in total. The summed E-state index contributed by atoms with van der Waals surface area (Å²) in [5, 5.41) is 5.95. The normalized spacial score (nSPS) is 12.2. The van der Waals surface area contributed by atoms with E-state index in [0.29, 0.717) is 22.4 Å². The first-order valence-electron chi connectivity index (χ1n) is 17.2. The third-order valence-electron chi connectivity index (χ3n) is 10.8. The summed E-state index contributed by atoms with van der Waals surface area (Å²) in [6, 6.07) is 45.6. The molecule has 2 heterocycles. The summed E-state index contributed by atoms with van der Waals surface area (Å²) in [5.74, 6) is -9.89. The Morgan fingerprint density at radius 3 is 1.66 bits per heavy atom. The number of benzene rings is 8. The fourth-order valence-electron chi connectivity index (χ4n) is 8.75. The average molecular weight is 699 g/mol. The molecule has 2 nitrogen and oxygen atoms in total. The van der Waals surface area contributed by atoms with Gasteiger partial charge in [-0.1, -0.05) is 103 Å². The second-order valence-corrected chi connectivity index (χ2v) is 13.4. The lowest BCUT2D eigenvalue weighted by Crippen LogP contribution is -2.05. The Kier molecular flexibility index (Phi) is 6.02. The van der Waals surface area contributed by atoms with Gasteiger partial charge in [-0.2, -0.15) is 0 Å². The molecule has 11 rings (SSSR count). The Labute approximate surface area is 298 Å². The van der Waals surface area contributed by atoms with Crippen LogP contribution in [-0.2, 0) is 0 Å². The van der Waals surface area contributed by atoms with E-state index in [2.05, 4.69) is 51.6 Å². The summed E-state index contributed by atoms with van der Waals surface area (Å²) in [7, 11) is 0. The predicted octanol–water partition coefficient (Wildman–Crippen LogP) is 13.0. The van der Waals surface area contributed by atoms with Crippen molar-refractivity contribution in [3.05, 3.63) is 169 Å². The summed E-state index contributed by atoms with van der Waals surface area (Å²) in [4.78, 5) is 0. The van der Waals surface area contributed by atoms with Gasteiger partial charge < -0.3 is 9.13 Å². The second kappa shape index (κ2) is 10.7. The SMILES string of the molecule is Fc1c(F)c(F)c(-c2ccc(-n3c4ccccc4c4c3ccc3c5ccccc5n(-c5ccccc5)c34)c3c2-c2cccc4cccc-3c24)c(F)c1F. The third kappa shape index (κ3) is 3.80. The molecule has 7 heteroatoms. The summed E-state index contributed by atoms with van der Waals surface area (Å²) >= 11 is 0. The zero-order valence-corrected chi connectivity index (χ0v) is 27.6. The smallest absolute Gasteiger partial charge is 0.200 e. The van der Waals surface area contributed by atoms with Gasteiger partial charge in [0.2, 0.25) is 5.82 Å². The maximum Gasteiger partial charge on any atom is 0.200 e. The largest absolute Gasteiger partial charge is 0.309 e. The van der Waals surface area contributed by atoms with E-state index in [0.717, 1.165) is 65.6 Å². The van der Waals surface area contributed by atoms with Crippen LogP contribution in [0.15, 0.2) is 140 Å². The van der Waals surface area contributed by atoms with Crippen molar-refractivity contribution in [3.8, 4) is 44.8 Å². The van der Waals surface area contributed by atoms with Gasteiger partial charge in [-0.05, 0) is 63.9 Å². The number of nitrogens with zero attached hydrogens (tertiary/aromatic N) is 2. The lowest BCUT2D eigenvalue weighted by Gasteiger charge is -2.19. The highest BCUT2D eigenvalue weighted by molar-refractivity contribution is 6.27. The predicted molar refractivity (Wildman–Crippen MR) is 202 cm³/mol. The fourth-order valence-corrected chi connectivity index (χ4v) is 8.75. The zero-order chi connectivity index (χ0) is 35.7. The van der Waals surface area contributed by atoms with Crippen LogP contribution in [0.4, 0.5) is 22.0 Å². The van der Waals surface area contributed by atoms with Gasteiger partial charge in [0.05, 0.1) is 33.3 Å². The Morgan fingerprint density at radius 2 is 0.943 bits per heavy atom. The highest BCUT2D eigenvalue weighted by Crippen LogP contribution is 2.55. The van der Waals surface area contributed by atoms with Crippen molar-refractivity contribution in [3.63, 3.8) is 0 Å². The summed E-state index contributed by atoms with van der Waals surface area (Å²) in [6.45, 7) is 0. The van der Waals surface area contributed by atoms with Crippen molar-refractivity contribution >= 4 is 54.4 Å². The molecule has 0 saturated carbocycles. The zero-order valence-electron chi connectivity index (χ0n) is 27.6. The van der Waals surface area contributed by atoms with Gasteiger partial charge >= 0.3 is 0 Å². The maximum atomic E-state index is 15.7. The first kappa shape index (κ1) is 29.9. The monoisotopic (exact) mass is 698 g/mol. The molecule has 0 aliphatic heterocycles. The standard InChI is InChI=1S/C46H23F5N2/c47-41-40(42(48)44(50)45(51)43(41)49)31-21-23-34(38-30-17-9-11-24-10-8-16-29(36(24)30)37(31)38)53-33-19-7-5-15-28(33)39-35(53)22-20-27-26-14-4-6-18-32(26)52(46(27)39)25-12-2-1-3-13-25/h1-23H. The van der Waals surface area contributed by atoms with Crippen molar-refractivity contribution in [2.75, 3.05) is 0 Å². The molecule has 10 aromatic rings. The van der Waals surface area contributed by atoms with E-state index in [9.17, 15) is 13.2 Å². The Balaban J connectivity index is 1.32. The topological polar surface area (TPSA) is 9.86 Å². The quantitative estimate of drug-likeness (QED) is 0.0988. The number of aromatic nitrogens is 2. The number of fused-ring (bicyclic) bond motifs is 10. The van der Waals surface area contributed by atoms with Crippen LogP contribution in [0.1, 0.15) is 0 Å². The van der Waals surface area contributed by atoms with Crippen LogP contribution in [-0.4, -0.2) is 9.13 Å². The molecule has 1 aliphatic rings. The van der Waals surface area contributed by atoms with Crippen LogP contribution in [0.5, 0.6) is 0 Å². The molecule has 1 aliphatic carbocycles. The highest BCUT2D eigenvalue weighted by Gasteiger charge is 2.34. The average Bonchev–Trinajstić information content (AvgIpc) is 3.84. The summed E-state index contributed by atoms with van der Waals surface area (Å²) in [6.07, 6.45) is 0. The minimum atomic E-state index is -2.19. The van der Waals surface area contributed by atoms with E-state index in [-0.39, 0.29) is 5.56 Å². The van der Waals surface area contributed by atoms with Gasteiger partial charge in [-0.3, -0.25) is 0 Å². The number of rotatable bonds is 3. The molecule has 2 aromatic heterocycles. The first-order chi connectivity index (χ1) is 25.9. The van der Waals surface area contributed by atoms with Crippen LogP contribution in [0, 0.1) is 29.1 Å². The second-order valence-electron chi connectivity index (χ2n) is 13.4. The fraction of sp³-hybridized carbons (Fsp3) is 0. The molecule has 53 heavy (non-hydrogen) atoms. The van der Waals surface area contributed by atoms with Crippen molar-refractivity contribution in [1.82, 2.24) is 9.13 Å². The molecule has 0 radical (unpaired) electrons. The number of para-hydroxylation sites is 3. The molecular formula is C46H23F5N2. The molecule has 8 aromatic carbocycles. The van der Waals surface area contributed by atoms with E-state index in [1.54, 1.807) is 6.07 Å². The third-order valence-corrected chi connectivity index (χ3v) is 10.8. The Morgan fingerprint density at radius 1 is 0.340 bits per heavy atom. The Hall–Kier alpha value is -6.73. The van der Waals surface area contributed by atoms with E-state index < -0.39 is 34.6 Å². The van der Waals surface area contributed by atoms with Crippen molar-refractivity contribution in [2.24, 2.45) is 0 Å². The van der Waals surface area contributed by atoms with E-state index in [4.69, 9.17) is 0 Å². The van der Waals surface area contributed by atoms with Crippen molar-refractivity contribution < 1.29 is 22.0 Å². The van der Waals surface area contributed by atoms with Gasteiger partial charge in [0.1, 0.15) is 0 Å². The van der Waals surface area contributed by atoms with Crippen LogP contribution in [0.25, 0.3) is 99.1 Å². The lowest BCUT2D eigenvalue weighted by atomic mass is 9.91. The first-order valence-corrected chi connectivity index (χ1v) is 17.2. The van der Waals surface area contributed by atoms with Crippen molar-refractivity contribution in [2.45, 2.75) is 0 Å². The van der Waals surface area contributed by atoms with Crippen LogP contribution >= 0.6 is 0 Å². The molecule has 0 unspecified atom stereocenters. The van der Waals surface area contributed by atoms with Gasteiger partial charge in [0, 0.05) is 38.4 Å². The van der Waals surface area contributed by atoms with Gasteiger partial charge in [0.25, 0.3) is 0 Å². The summed E-state index contributed by atoms with van der Waals surface area (Å²) < 4.78 is 79.6. The van der Waals surface area contributed by atoms with E-state index in [1.807, 2.05) is 84.9 Å². The number of halogens is 5.